The SMILES string of the molecule is Cc1cc(CO)ccc1C=CCS. The normalized spacial score (nSPS) is 11.0. The van der Waals surface area contributed by atoms with Gasteiger partial charge in [-0.05, 0) is 23.6 Å². The topological polar surface area (TPSA) is 20.2 Å². The maximum atomic E-state index is 8.90. The van der Waals surface area contributed by atoms with Crippen LogP contribution in [0.25, 0.3) is 6.08 Å². The standard InChI is InChI=1S/C11H14OS/c1-9-7-10(8-12)4-5-11(9)3-2-6-13/h2-5,7,12-13H,6,8H2,1H3. The highest BCUT2D eigenvalue weighted by atomic mass is 32.1. The van der Waals surface area contributed by atoms with Crippen LogP contribution >= 0.6 is 12.6 Å². The number of aliphatic hydroxyl groups is 1. The molecule has 0 heterocycles. The van der Waals surface area contributed by atoms with Crippen molar-refractivity contribution in [3.05, 3.63) is 41.0 Å². The van der Waals surface area contributed by atoms with Crippen molar-refractivity contribution in [3.63, 3.8) is 0 Å². The zero-order chi connectivity index (χ0) is 9.68. The molecular weight excluding hydrogens is 180 g/mol. The number of aryl methyl sites for hydroxylation is 1. The smallest absolute Gasteiger partial charge is 0.0681 e. The Labute approximate surface area is 84.5 Å². The van der Waals surface area contributed by atoms with Gasteiger partial charge in [0, 0.05) is 5.75 Å². The average Bonchev–Trinajstić information content (AvgIpc) is 2.16. The second kappa shape index (κ2) is 5.10. The fourth-order valence-electron chi connectivity index (χ4n) is 1.20. The molecule has 0 aliphatic heterocycles. The monoisotopic (exact) mass is 194 g/mol. The van der Waals surface area contributed by atoms with Gasteiger partial charge in [-0.25, -0.2) is 0 Å². The first-order valence-corrected chi connectivity index (χ1v) is 4.89. The van der Waals surface area contributed by atoms with E-state index in [1.807, 2.05) is 37.3 Å². The summed E-state index contributed by atoms with van der Waals surface area (Å²) < 4.78 is 0. The Morgan fingerprint density at radius 2 is 2.23 bits per heavy atom. The van der Waals surface area contributed by atoms with Gasteiger partial charge in [-0.15, -0.1) is 0 Å². The van der Waals surface area contributed by atoms with Crippen LogP contribution < -0.4 is 0 Å². The molecule has 0 unspecified atom stereocenters. The van der Waals surface area contributed by atoms with Gasteiger partial charge in [0.15, 0.2) is 0 Å². The summed E-state index contributed by atoms with van der Waals surface area (Å²) in [6, 6.07) is 5.95. The molecule has 0 radical (unpaired) electrons. The lowest BCUT2D eigenvalue weighted by molar-refractivity contribution is 0.282. The molecule has 2 heteroatoms. The summed E-state index contributed by atoms with van der Waals surface area (Å²) in [5, 5.41) is 8.90. The highest BCUT2D eigenvalue weighted by Gasteiger charge is 1.95. The Kier molecular flexibility index (Phi) is 4.06. The molecule has 0 aromatic heterocycles. The highest BCUT2D eigenvalue weighted by Crippen LogP contribution is 2.12. The highest BCUT2D eigenvalue weighted by molar-refractivity contribution is 7.80. The van der Waals surface area contributed by atoms with Crippen LogP contribution in [0.1, 0.15) is 16.7 Å². The van der Waals surface area contributed by atoms with Crippen molar-refractivity contribution < 1.29 is 5.11 Å². The van der Waals surface area contributed by atoms with Gasteiger partial charge >= 0.3 is 0 Å². The summed E-state index contributed by atoms with van der Waals surface area (Å²) in [4.78, 5) is 0. The van der Waals surface area contributed by atoms with Gasteiger partial charge in [0.25, 0.3) is 0 Å². The molecule has 13 heavy (non-hydrogen) atoms. The van der Waals surface area contributed by atoms with E-state index >= 15 is 0 Å². The van der Waals surface area contributed by atoms with Gasteiger partial charge in [0.05, 0.1) is 6.61 Å². The number of benzene rings is 1. The minimum atomic E-state index is 0.109. The van der Waals surface area contributed by atoms with Gasteiger partial charge in [0.2, 0.25) is 0 Å². The van der Waals surface area contributed by atoms with Crippen molar-refractivity contribution in [1.29, 1.82) is 0 Å². The van der Waals surface area contributed by atoms with Crippen molar-refractivity contribution in [1.82, 2.24) is 0 Å². The van der Waals surface area contributed by atoms with E-state index in [0.29, 0.717) is 0 Å². The van der Waals surface area contributed by atoms with Crippen LogP contribution in [0.15, 0.2) is 24.3 Å². The van der Waals surface area contributed by atoms with E-state index in [4.69, 9.17) is 5.11 Å². The van der Waals surface area contributed by atoms with Gasteiger partial charge in [0.1, 0.15) is 0 Å². The van der Waals surface area contributed by atoms with Crippen LogP contribution in [0.2, 0.25) is 0 Å². The first kappa shape index (κ1) is 10.4. The Morgan fingerprint density at radius 1 is 1.46 bits per heavy atom. The number of aliphatic hydroxyl groups excluding tert-OH is 1. The minimum absolute atomic E-state index is 0.109. The second-order valence-electron chi connectivity index (χ2n) is 2.93. The van der Waals surface area contributed by atoms with E-state index in [2.05, 4.69) is 12.6 Å². The lowest BCUT2D eigenvalue weighted by atomic mass is 10.1. The first-order valence-electron chi connectivity index (χ1n) is 4.25. The summed E-state index contributed by atoms with van der Waals surface area (Å²) in [7, 11) is 0. The lowest BCUT2D eigenvalue weighted by Crippen LogP contribution is -1.86. The van der Waals surface area contributed by atoms with Crippen molar-refractivity contribution in [2.24, 2.45) is 0 Å². The molecule has 1 N–H and O–H groups in total. The van der Waals surface area contributed by atoms with E-state index in [0.717, 1.165) is 11.3 Å². The van der Waals surface area contributed by atoms with Gasteiger partial charge in [-0.2, -0.15) is 12.6 Å². The van der Waals surface area contributed by atoms with E-state index in [1.165, 1.54) is 11.1 Å². The molecular formula is C11H14OS. The van der Waals surface area contributed by atoms with Crippen molar-refractivity contribution >= 4 is 18.7 Å². The van der Waals surface area contributed by atoms with Crippen molar-refractivity contribution in [2.75, 3.05) is 5.75 Å². The Morgan fingerprint density at radius 3 is 2.77 bits per heavy atom. The maximum Gasteiger partial charge on any atom is 0.0681 e. The number of hydrogen-bond acceptors (Lipinski definition) is 2. The van der Waals surface area contributed by atoms with Crippen LogP contribution in [-0.2, 0) is 6.61 Å². The molecule has 70 valence electrons. The van der Waals surface area contributed by atoms with Crippen LogP contribution in [0.3, 0.4) is 0 Å². The average molecular weight is 194 g/mol. The summed E-state index contributed by atoms with van der Waals surface area (Å²) in [5.41, 5.74) is 3.33. The number of rotatable bonds is 3. The molecule has 0 spiro atoms. The van der Waals surface area contributed by atoms with Crippen LogP contribution in [-0.4, -0.2) is 10.9 Å². The zero-order valence-corrected chi connectivity index (χ0v) is 8.59. The summed E-state index contributed by atoms with van der Waals surface area (Å²) in [6.45, 7) is 2.15. The third-order valence-corrected chi connectivity index (χ3v) is 2.13. The Hall–Kier alpha value is -0.730. The molecule has 1 aromatic carbocycles. The molecule has 1 aromatic rings. The molecule has 0 saturated heterocycles. The third kappa shape index (κ3) is 2.90. The maximum absolute atomic E-state index is 8.90. The summed E-state index contributed by atoms with van der Waals surface area (Å²) in [5.74, 6) is 0.751. The van der Waals surface area contributed by atoms with E-state index < -0.39 is 0 Å². The molecule has 0 bridgehead atoms. The summed E-state index contributed by atoms with van der Waals surface area (Å²) in [6.07, 6.45) is 4.05. The fourth-order valence-corrected chi connectivity index (χ4v) is 1.31. The zero-order valence-electron chi connectivity index (χ0n) is 7.70. The van der Waals surface area contributed by atoms with Gasteiger partial charge < -0.3 is 5.11 Å². The predicted octanol–water partition coefficient (Wildman–Crippen LogP) is 2.43. The number of thiol groups is 1. The molecule has 1 rings (SSSR count). The van der Waals surface area contributed by atoms with Crippen LogP contribution in [0.5, 0.6) is 0 Å². The summed E-state index contributed by atoms with van der Waals surface area (Å²) >= 11 is 4.10. The number of hydrogen-bond donors (Lipinski definition) is 2. The molecule has 0 aliphatic rings. The van der Waals surface area contributed by atoms with E-state index in [-0.39, 0.29) is 6.61 Å². The molecule has 0 atom stereocenters. The van der Waals surface area contributed by atoms with Crippen molar-refractivity contribution in [3.8, 4) is 0 Å². The Bertz CT molecular complexity index is 305. The fraction of sp³-hybridized carbons (Fsp3) is 0.273. The minimum Gasteiger partial charge on any atom is -0.392 e. The van der Waals surface area contributed by atoms with E-state index in [1.54, 1.807) is 0 Å². The van der Waals surface area contributed by atoms with Crippen molar-refractivity contribution in [2.45, 2.75) is 13.5 Å². The predicted molar refractivity (Wildman–Crippen MR) is 60.0 cm³/mol. The molecule has 1 nitrogen and oxygen atoms in total. The van der Waals surface area contributed by atoms with Crippen LogP contribution in [0.4, 0.5) is 0 Å². The van der Waals surface area contributed by atoms with Crippen LogP contribution in [0, 0.1) is 6.92 Å². The lowest BCUT2D eigenvalue weighted by Gasteiger charge is -2.02. The quantitative estimate of drug-likeness (QED) is 0.708. The molecule has 0 amide bonds. The molecule has 0 aliphatic carbocycles. The first-order chi connectivity index (χ1) is 6.27. The second-order valence-corrected chi connectivity index (χ2v) is 3.30. The Balaban J connectivity index is 2.91. The van der Waals surface area contributed by atoms with E-state index in [9.17, 15) is 0 Å². The largest absolute Gasteiger partial charge is 0.392 e. The molecule has 0 fully saturated rings. The molecule has 0 saturated carbocycles. The third-order valence-electron chi connectivity index (χ3n) is 1.92. The van der Waals surface area contributed by atoms with Gasteiger partial charge in [-0.1, -0.05) is 30.4 Å². The van der Waals surface area contributed by atoms with Gasteiger partial charge in [-0.3, -0.25) is 0 Å².